The van der Waals surface area contributed by atoms with Gasteiger partial charge in [-0.15, -0.1) is 0 Å². The van der Waals surface area contributed by atoms with E-state index < -0.39 is 0 Å². The van der Waals surface area contributed by atoms with Crippen molar-refractivity contribution in [3.8, 4) is 11.5 Å². The molecule has 1 fully saturated rings. The van der Waals surface area contributed by atoms with Gasteiger partial charge in [0.2, 0.25) is 5.91 Å². The second-order valence-corrected chi connectivity index (χ2v) is 8.44. The number of anilines is 1. The number of ether oxygens (including phenoxy) is 2. The van der Waals surface area contributed by atoms with Crippen molar-refractivity contribution in [3.05, 3.63) is 53.6 Å². The van der Waals surface area contributed by atoms with Gasteiger partial charge in [-0.25, -0.2) is 0 Å². The van der Waals surface area contributed by atoms with Gasteiger partial charge in [0.05, 0.1) is 13.0 Å². The number of nitrogens with one attached hydrogen (secondary N) is 1. The van der Waals surface area contributed by atoms with Gasteiger partial charge in [0, 0.05) is 38.4 Å². The lowest BCUT2D eigenvalue weighted by atomic mass is 10.1. The van der Waals surface area contributed by atoms with Crippen molar-refractivity contribution >= 4 is 23.4 Å². The van der Waals surface area contributed by atoms with Crippen LogP contribution in [-0.2, 0) is 16.0 Å². The van der Waals surface area contributed by atoms with Crippen molar-refractivity contribution in [2.75, 3.05) is 45.7 Å². The first-order chi connectivity index (χ1) is 16.4. The maximum Gasteiger partial charge on any atom is 0.260 e. The van der Waals surface area contributed by atoms with Crippen molar-refractivity contribution in [1.82, 2.24) is 9.80 Å². The lowest BCUT2D eigenvalue weighted by Crippen LogP contribution is -2.38. The van der Waals surface area contributed by atoms with Crippen molar-refractivity contribution in [1.29, 1.82) is 0 Å². The maximum absolute atomic E-state index is 12.8. The number of nitrogens with zero attached hydrogens (tertiary/aromatic N) is 2. The first-order valence-corrected chi connectivity index (χ1v) is 11.6. The zero-order valence-electron chi connectivity index (χ0n) is 20.1. The van der Waals surface area contributed by atoms with E-state index in [0.29, 0.717) is 35.8 Å². The number of amides is 3. The first kappa shape index (κ1) is 25.1. The van der Waals surface area contributed by atoms with Crippen LogP contribution in [0.1, 0.15) is 42.1 Å². The molecule has 1 aliphatic heterocycles. The van der Waals surface area contributed by atoms with E-state index in [1.807, 2.05) is 24.0 Å². The number of likely N-dealkylation sites (N-methyl/N-ethyl adjacent to an activating group) is 1. The Labute approximate surface area is 200 Å². The van der Waals surface area contributed by atoms with E-state index in [4.69, 9.17) is 9.47 Å². The maximum atomic E-state index is 12.8. The minimum atomic E-state index is -0.297. The van der Waals surface area contributed by atoms with Gasteiger partial charge < -0.3 is 24.6 Å². The molecule has 3 amide bonds. The molecule has 0 radical (unpaired) electrons. The van der Waals surface area contributed by atoms with Crippen molar-refractivity contribution < 1.29 is 23.9 Å². The number of rotatable bonds is 9. The van der Waals surface area contributed by atoms with Crippen molar-refractivity contribution in [2.24, 2.45) is 0 Å². The predicted octanol–water partition coefficient (Wildman–Crippen LogP) is 3.36. The largest absolute Gasteiger partial charge is 0.490 e. The van der Waals surface area contributed by atoms with E-state index in [0.717, 1.165) is 37.9 Å². The monoisotopic (exact) mass is 467 g/mol. The summed E-state index contributed by atoms with van der Waals surface area (Å²) in [7, 11) is 3.44. The Kier molecular flexibility index (Phi) is 8.90. The molecule has 0 bridgehead atoms. The number of piperidine rings is 1. The van der Waals surface area contributed by atoms with Gasteiger partial charge >= 0.3 is 0 Å². The Morgan fingerprint density at radius 1 is 0.941 bits per heavy atom. The van der Waals surface area contributed by atoms with Crippen LogP contribution in [0.5, 0.6) is 11.5 Å². The van der Waals surface area contributed by atoms with E-state index in [2.05, 4.69) is 5.32 Å². The van der Waals surface area contributed by atoms with Crippen molar-refractivity contribution in [3.63, 3.8) is 0 Å². The highest BCUT2D eigenvalue weighted by Gasteiger charge is 2.18. The molecule has 34 heavy (non-hydrogen) atoms. The average Bonchev–Trinajstić information content (AvgIpc) is 2.84. The number of likely N-dealkylation sites (tertiary alicyclic amines) is 1. The van der Waals surface area contributed by atoms with Crippen molar-refractivity contribution in [2.45, 2.75) is 32.6 Å². The molecule has 0 aliphatic carbocycles. The lowest BCUT2D eigenvalue weighted by Gasteiger charge is -2.26. The van der Waals surface area contributed by atoms with Crippen LogP contribution in [0.3, 0.4) is 0 Å². The number of benzene rings is 2. The summed E-state index contributed by atoms with van der Waals surface area (Å²) in [4.78, 5) is 40.4. The molecular weight excluding hydrogens is 434 g/mol. The molecule has 0 saturated carbocycles. The Bertz CT molecular complexity index is 998. The fourth-order valence-electron chi connectivity index (χ4n) is 3.65. The summed E-state index contributed by atoms with van der Waals surface area (Å²) in [6.45, 7) is 3.72. The van der Waals surface area contributed by atoms with E-state index >= 15 is 0 Å². The molecule has 8 heteroatoms. The Morgan fingerprint density at radius 2 is 1.65 bits per heavy atom. The van der Waals surface area contributed by atoms with Crippen LogP contribution in [0.2, 0.25) is 0 Å². The van der Waals surface area contributed by atoms with Crippen LogP contribution >= 0.6 is 0 Å². The highest BCUT2D eigenvalue weighted by atomic mass is 16.5. The SMILES string of the molecule is CCOc1cc(C(=O)Nc2ccc(CC(=O)N(C)C)cc2)ccc1OCC(=O)N1CCCCC1. The van der Waals surface area contributed by atoms with Crippen LogP contribution in [0, 0.1) is 0 Å². The van der Waals surface area contributed by atoms with E-state index in [1.54, 1.807) is 49.3 Å². The second kappa shape index (κ2) is 12.1. The Morgan fingerprint density at radius 3 is 2.29 bits per heavy atom. The summed E-state index contributed by atoms with van der Waals surface area (Å²) in [5.74, 6) is 0.520. The van der Waals surface area contributed by atoms with Gasteiger partial charge in [-0.05, 0) is 62.1 Å². The molecule has 2 aromatic rings. The van der Waals surface area contributed by atoms with Gasteiger partial charge in [-0.1, -0.05) is 12.1 Å². The third-order valence-corrected chi connectivity index (χ3v) is 5.63. The molecule has 1 aliphatic rings. The molecule has 0 atom stereocenters. The van der Waals surface area contributed by atoms with Gasteiger partial charge in [0.25, 0.3) is 11.8 Å². The first-order valence-electron chi connectivity index (χ1n) is 11.6. The molecule has 182 valence electrons. The molecule has 0 spiro atoms. The summed E-state index contributed by atoms with van der Waals surface area (Å²) >= 11 is 0. The Balaban J connectivity index is 1.62. The third-order valence-electron chi connectivity index (χ3n) is 5.63. The van der Waals surface area contributed by atoms with Gasteiger partial charge in [0.1, 0.15) is 0 Å². The summed E-state index contributed by atoms with van der Waals surface area (Å²) in [6, 6.07) is 12.1. The highest BCUT2D eigenvalue weighted by molar-refractivity contribution is 6.04. The van der Waals surface area contributed by atoms with Gasteiger partial charge in [0.15, 0.2) is 18.1 Å². The molecule has 0 aromatic heterocycles. The van der Waals surface area contributed by atoms with E-state index in [-0.39, 0.29) is 24.3 Å². The minimum Gasteiger partial charge on any atom is -0.490 e. The van der Waals surface area contributed by atoms with E-state index in [9.17, 15) is 14.4 Å². The molecule has 8 nitrogen and oxygen atoms in total. The van der Waals surface area contributed by atoms with Gasteiger partial charge in [-0.2, -0.15) is 0 Å². The van der Waals surface area contributed by atoms with Crippen LogP contribution in [0.4, 0.5) is 5.69 Å². The molecule has 1 heterocycles. The topological polar surface area (TPSA) is 88.2 Å². The minimum absolute atomic E-state index is 0.0141. The Hall–Kier alpha value is -3.55. The fourth-order valence-corrected chi connectivity index (χ4v) is 3.65. The van der Waals surface area contributed by atoms with Gasteiger partial charge in [-0.3, -0.25) is 14.4 Å². The molecule has 2 aromatic carbocycles. The third kappa shape index (κ3) is 6.97. The number of hydrogen-bond donors (Lipinski definition) is 1. The fraction of sp³-hybridized carbons (Fsp3) is 0.423. The number of hydrogen-bond acceptors (Lipinski definition) is 5. The summed E-state index contributed by atoms with van der Waals surface area (Å²) in [5, 5.41) is 2.85. The smallest absolute Gasteiger partial charge is 0.260 e. The molecule has 1 N–H and O–H groups in total. The molecular formula is C26H33N3O5. The average molecular weight is 468 g/mol. The quantitative estimate of drug-likeness (QED) is 0.611. The number of carbonyl (C=O) groups excluding carboxylic acids is 3. The van der Waals surface area contributed by atoms with Crippen LogP contribution in [0.15, 0.2) is 42.5 Å². The summed E-state index contributed by atoms with van der Waals surface area (Å²) in [5.41, 5.74) is 1.90. The standard InChI is InChI=1S/C26H33N3O5/c1-4-33-23-17-20(10-13-22(23)34-18-25(31)29-14-6-5-7-15-29)26(32)27-21-11-8-19(9-12-21)16-24(30)28(2)3/h8-13,17H,4-7,14-16,18H2,1-3H3,(H,27,32). The number of carbonyl (C=O) groups is 3. The normalized spacial score (nSPS) is 13.2. The van der Waals surface area contributed by atoms with Crippen LogP contribution < -0.4 is 14.8 Å². The van der Waals surface area contributed by atoms with Crippen LogP contribution in [-0.4, -0.2) is 67.9 Å². The summed E-state index contributed by atoms with van der Waals surface area (Å²) in [6.07, 6.45) is 3.51. The highest BCUT2D eigenvalue weighted by Crippen LogP contribution is 2.29. The van der Waals surface area contributed by atoms with E-state index in [1.165, 1.54) is 0 Å². The predicted molar refractivity (Wildman–Crippen MR) is 130 cm³/mol. The second-order valence-electron chi connectivity index (χ2n) is 8.44. The summed E-state index contributed by atoms with van der Waals surface area (Å²) < 4.78 is 11.4. The zero-order valence-corrected chi connectivity index (χ0v) is 20.1. The zero-order chi connectivity index (χ0) is 24.5. The van der Waals surface area contributed by atoms with Crippen LogP contribution in [0.25, 0.3) is 0 Å². The molecule has 0 unspecified atom stereocenters. The molecule has 1 saturated heterocycles. The molecule has 3 rings (SSSR count). The lowest BCUT2D eigenvalue weighted by molar-refractivity contribution is -0.134.